The summed E-state index contributed by atoms with van der Waals surface area (Å²) in [6.45, 7) is 12.0. The summed E-state index contributed by atoms with van der Waals surface area (Å²) >= 11 is 0. The molecule has 0 saturated heterocycles. The van der Waals surface area contributed by atoms with Gasteiger partial charge < -0.3 is 14.7 Å². The molecule has 3 aliphatic heterocycles. The fraction of sp³-hybridized carbons (Fsp3) is 0.234. The molecule has 0 bridgehead atoms. The van der Waals surface area contributed by atoms with Gasteiger partial charge in [0.05, 0.1) is 11.2 Å². The first-order valence-electron chi connectivity index (χ1n) is 18.8. The lowest BCUT2D eigenvalue weighted by atomic mass is 9.33. The van der Waals surface area contributed by atoms with Crippen LogP contribution in [0.5, 0.6) is 0 Å². The van der Waals surface area contributed by atoms with Crippen molar-refractivity contribution in [1.82, 2.24) is 0 Å². The highest BCUT2D eigenvalue weighted by molar-refractivity contribution is 7.00. The van der Waals surface area contributed by atoms with Crippen LogP contribution in [-0.4, -0.2) is 12.3 Å². The van der Waals surface area contributed by atoms with Gasteiger partial charge in [0.2, 0.25) is 0 Å². The number of anilines is 8. The predicted octanol–water partition coefficient (Wildman–Crippen LogP) is 10.4. The molecular formula is C47H44BN3. The number of fused-ring (bicyclic) bond motifs is 7. The van der Waals surface area contributed by atoms with Crippen molar-refractivity contribution < 1.29 is 0 Å². The van der Waals surface area contributed by atoms with Crippen LogP contribution >= 0.6 is 0 Å². The van der Waals surface area contributed by atoms with Gasteiger partial charge in [0, 0.05) is 45.2 Å². The molecule has 0 aromatic heterocycles. The molecule has 3 heterocycles. The fourth-order valence-electron chi connectivity index (χ4n) is 10.3. The van der Waals surface area contributed by atoms with Gasteiger partial charge >= 0.3 is 0 Å². The summed E-state index contributed by atoms with van der Waals surface area (Å²) in [5, 5.41) is 0. The van der Waals surface area contributed by atoms with Gasteiger partial charge in [-0.25, -0.2) is 0 Å². The molecule has 4 heteroatoms. The second-order valence-corrected chi connectivity index (χ2v) is 16.0. The lowest BCUT2D eigenvalue weighted by molar-refractivity contribution is 0.195. The maximum atomic E-state index is 2.84. The molecule has 6 aromatic rings. The highest BCUT2D eigenvalue weighted by atomic mass is 15.3. The van der Waals surface area contributed by atoms with E-state index in [-0.39, 0.29) is 17.7 Å². The van der Waals surface area contributed by atoms with E-state index in [9.17, 15) is 0 Å². The molecule has 1 fully saturated rings. The van der Waals surface area contributed by atoms with Crippen molar-refractivity contribution in [3.8, 4) is 0 Å². The van der Waals surface area contributed by atoms with Crippen LogP contribution in [0.4, 0.5) is 45.5 Å². The summed E-state index contributed by atoms with van der Waals surface area (Å²) in [6.07, 6.45) is 4.93. The van der Waals surface area contributed by atoms with Crippen LogP contribution in [-0.2, 0) is 5.41 Å². The van der Waals surface area contributed by atoms with Crippen molar-refractivity contribution in [3.05, 3.63) is 150 Å². The first-order valence-corrected chi connectivity index (χ1v) is 18.8. The van der Waals surface area contributed by atoms with Gasteiger partial charge in [-0.3, -0.25) is 0 Å². The van der Waals surface area contributed by atoms with E-state index in [4.69, 9.17) is 0 Å². The minimum Gasteiger partial charge on any atom is -0.335 e. The molecule has 4 aliphatic rings. The molecule has 0 amide bonds. The minimum absolute atomic E-state index is 0.0423. The smallest absolute Gasteiger partial charge is 0.252 e. The van der Waals surface area contributed by atoms with Crippen molar-refractivity contribution in [2.24, 2.45) is 0 Å². The van der Waals surface area contributed by atoms with Crippen LogP contribution in [0.3, 0.4) is 0 Å². The molecule has 0 N–H and O–H groups in total. The second-order valence-electron chi connectivity index (χ2n) is 16.0. The van der Waals surface area contributed by atoms with Crippen LogP contribution < -0.4 is 31.1 Å². The Kier molecular flexibility index (Phi) is 6.53. The van der Waals surface area contributed by atoms with E-state index in [1.54, 1.807) is 5.56 Å². The van der Waals surface area contributed by atoms with E-state index >= 15 is 0 Å². The van der Waals surface area contributed by atoms with E-state index in [1.807, 2.05) is 0 Å². The van der Waals surface area contributed by atoms with Crippen molar-refractivity contribution in [2.75, 3.05) is 14.7 Å². The number of aryl methyl sites for hydroxylation is 3. The maximum Gasteiger partial charge on any atom is 0.252 e. The molecule has 10 rings (SSSR count). The third-order valence-electron chi connectivity index (χ3n) is 12.9. The molecule has 2 atom stereocenters. The SMILES string of the molecule is Cc1ccc(N2c3ccc(C)cc3B3c4cc(C)cc5c4N(c4cc(N(c6ccccc6)c6ccccc6)cc2c43)C2(C)CCCCC52C)cc1. The van der Waals surface area contributed by atoms with Crippen LogP contribution in [0.1, 0.15) is 61.8 Å². The van der Waals surface area contributed by atoms with Gasteiger partial charge in [-0.2, -0.15) is 0 Å². The third-order valence-corrected chi connectivity index (χ3v) is 12.9. The molecule has 3 nitrogen and oxygen atoms in total. The first kappa shape index (κ1) is 30.6. The lowest BCUT2D eigenvalue weighted by Crippen LogP contribution is -2.64. The molecule has 0 spiro atoms. The molecule has 0 radical (unpaired) electrons. The van der Waals surface area contributed by atoms with E-state index in [1.165, 1.54) is 92.9 Å². The highest BCUT2D eigenvalue weighted by Crippen LogP contribution is 2.62. The molecule has 250 valence electrons. The summed E-state index contributed by atoms with van der Waals surface area (Å²) < 4.78 is 0. The Morgan fingerprint density at radius 1 is 0.569 bits per heavy atom. The summed E-state index contributed by atoms with van der Waals surface area (Å²) in [7, 11) is 0. The van der Waals surface area contributed by atoms with Crippen LogP contribution in [0.15, 0.2) is 127 Å². The Morgan fingerprint density at radius 3 is 1.90 bits per heavy atom. The van der Waals surface area contributed by atoms with E-state index in [0.717, 1.165) is 11.4 Å². The van der Waals surface area contributed by atoms with Gasteiger partial charge in [-0.15, -0.1) is 0 Å². The summed E-state index contributed by atoms with van der Waals surface area (Å²) in [5.74, 6) is 0. The second kappa shape index (κ2) is 10.9. The zero-order valence-corrected chi connectivity index (χ0v) is 30.4. The number of benzene rings is 6. The Labute approximate surface area is 303 Å². The van der Waals surface area contributed by atoms with Crippen molar-refractivity contribution in [1.29, 1.82) is 0 Å². The van der Waals surface area contributed by atoms with E-state index in [0.29, 0.717) is 0 Å². The lowest BCUT2D eigenvalue weighted by Gasteiger charge is -2.53. The van der Waals surface area contributed by atoms with E-state index < -0.39 is 0 Å². The molecule has 6 aromatic carbocycles. The average molecular weight is 662 g/mol. The summed E-state index contributed by atoms with van der Waals surface area (Å²) in [6, 6.07) is 48.1. The van der Waals surface area contributed by atoms with Crippen LogP contribution in [0, 0.1) is 20.8 Å². The average Bonchev–Trinajstić information content (AvgIpc) is 3.35. The number of hydrogen-bond acceptors (Lipinski definition) is 3. The predicted molar refractivity (Wildman–Crippen MR) is 217 cm³/mol. The Bertz CT molecular complexity index is 2310. The minimum atomic E-state index is -0.0423. The highest BCUT2D eigenvalue weighted by Gasteiger charge is 2.61. The largest absolute Gasteiger partial charge is 0.335 e. The van der Waals surface area contributed by atoms with Gasteiger partial charge in [-0.05, 0) is 117 Å². The van der Waals surface area contributed by atoms with Gasteiger partial charge in [0.25, 0.3) is 6.71 Å². The number of para-hydroxylation sites is 2. The Balaban J connectivity index is 1.35. The zero-order chi connectivity index (χ0) is 34.6. The third kappa shape index (κ3) is 4.20. The zero-order valence-electron chi connectivity index (χ0n) is 30.4. The first-order chi connectivity index (χ1) is 24.8. The number of nitrogens with zero attached hydrogens (tertiary/aromatic N) is 3. The quantitative estimate of drug-likeness (QED) is 0.174. The molecule has 1 saturated carbocycles. The number of hydrogen-bond donors (Lipinski definition) is 0. The van der Waals surface area contributed by atoms with Gasteiger partial charge in [0.1, 0.15) is 0 Å². The monoisotopic (exact) mass is 661 g/mol. The van der Waals surface area contributed by atoms with Crippen LogP contribution in [0.25, 0.3) is 0 Å². The molecule has 2 unspecified atom stereocenters. The van der Waals surface area contributed by atoms with Gasteiger partial charge in [-0.1, -0.05) is 109 Å². The van der Waals surface area contributed by atoms with Crippen molar-refractivity contribution in [2.45, 2.75) is 71.3 Å². The molecule has 51 heavy (non-hydrogen) atoms. The normalized spacial score (nSPS) is 20.8. The summed E-state index contributed by atoms with van der Waals surface area (Å²) in [4.78, 5) is 7.85. The molecule has 1 aliphatic carbocycles. The number of rotatable bonds is 4. The summed E-state index contributed by atoms with van der Waals surface area (Å²) in [5.41, 5.74) is 19.9. The van der Waals surface area contributed by atoms with E-state index in [2.05, 4.69) is 177 Å². The maximum absolute atomic E-state index is 2.84. The Hall–Kier alpha value is -5.22. The van der Waals surface area contributed by atoms with Crippen molar-refractivity contribution in [3.63, 3.8) is 0 Å². The fourth-order valence-corrected chi connectivity index (χ4v) is 10.3. The van der Waals surface area contributed by atoms with Crippen LogP contribution in [0.2, 0.25) is 0 Å². The topological polar surface area (TPSA) is 9.72 Å². The van der Waals surface area contributed by atoms with Crippen molar-refractivity contribution >= 4 is 68.6 Å². The molecular weight excluding hydrogens is 617 g/mol. The Morgan fingerprint density at radius 2 is 1.20 bits per heavy atom. The van der Waals surface area contributed by atoms with Gasteiger partial charge in [0.15, 0.2) is 0 Å². The standard InChI is InChI=1S/C47H44BN3/c1-31-18-21-36(22-19-31)50-41-23-20-32(2)27-39(41)48-40-28-33(3)26-38-45(40)51(47(5)25-13-12-24-46(38,47)4)43-30-37(29-42(50)44(43)48)49(34-14-8-6-9-15-34)35-16-10-7-11-17-35/h6-11,14-23,26-30H,12-13,24-25H2,1-5H3.